The largest absolute Gasteiger partial charge is 0.416 e. The van der Waals surface area contributed by atoms with Crippen LogP contribution >= 0.6 is 0 Å². The molecule has 0 saturated carbocycles. The topological polar surface area (TPSA) is 89.6 Å². The first-order valence-corrected chi connectivity index (χ1v) is 11.4. The number of alkyl halides is 3. The molecule has 3 atom stereocenters. The highest BCUT2D eigenvalue weighted by molar-refractivity contribution is 6.46. The van der Waals surface area contributed by atoms with E-state index < -0.39 is 35.4 Å². The first kappa shape index (κ1) is 26.8. The van der Waals surface area contributed by atoms with Crippen LogP contribution in [0.2, 0.25) is 0 Å². The summed E-state index contributed by atoms with van der Waals surface area (Å²) in [4.78, 5) is 42.6. The molecule has 0 amide bonds. The van der Waals surface area contributed by atoms with E-state index in [0.717, 1.165) is 17.7 Å². The number of dihydropyridines is 1. The van der Waals surface area contributed by atoms with Crippen LogP contribution in [0.25, 0.3) is 0 Å². The third-order valence-electron chi connectivity index (χ3n) is 6.10. The average Bonchev–Trinajstić information content (AvgIpc) is 2.81. The van der Waals surface area contributed by atoms with E-state index in [4.69, 9.17) is 5.73 Å². The zero-order valence-corrected chi connectivity index (χ0v) is 20.4. The molecule has 8 heteroatoms. The highest BCUT2D eigenvalue weighted by atomic mass is 19.4. The minimum atomic E-state index is -4.57. The lowest BCUT2D eigenvalue weighted by molar-refractivity contribution is -0.137. The van der Waals surface area contributed by atoms with Crippen molar-refractivity contribution < 1.29 is 27.6 Å². The molecule has 1 heterocycles. The lowest BCUT2D eigenvalue weighted by Crippen LogP contribution is -2.28. The fourth-order valence-corrected chi connectivity index (χ4v) is 3.94. The van der Waals surface area contributed by atoms with Crippen molar-refractivity contribution >= 4 is 28.7 Å². The third kappa shape index (κ3) is 6.05. The van der Waals surface area contributed by atoms with Crippen molar-refractivity contribution in [1.82, 2.24) is 0 Å². The number of nitrogen functional groups attached to an aromatic ring is 1. The van der Waals surface area contributed by atoms with Gasteiger partial charge in [0.1, 0.15) is 11.8 Å². The van der Waals surface area contributed by atoms with Crippen LogP contribution in [0.3, 0.4) is 0 Å². The molecule has 2 aromatic carbocycles. The summed E-state index contributed by atoms with van der Waals surface area (Å²) in [6.07, 6.45) is -0.496. The van der Waals surface area contributed by atoms with Gasteiger partial charge in [0, 0.05) is 17.2 Å². The molecule has 1 aliphatic heterocycles. The fourth-order valence-electron chi connectivity index (χ4n) is 3.94. The fraction of sp³-hybridized carbons (Fsp3) is 0.286. The number of aliphatic imine (C=N–C) groups is 1. The van der Waals surface area contributed by atoms with E-state index >= 15 is 0 Å². The number of Topliss-reactive ketones (excluding diaryl/α,β-unsaturated/α-hetero) is 1. The lowest BCUT2D eigenvalue weighted by Gasteiger charge is -2.23. The number of nitrogens with two attached hydrogens (primary N) is 1. The number of anilines is 1. The van der Waals surface area contributed by atoms with Gasteiger partial charge in [0.05, 0.1) is 5.56 Å². The second-order valence-corrected chi connectivity index (χ2v) is 9.19. The van der Waals surface area contributed by atoms with Crippen molar-refractivity contribution in [2.24, 2.45) is 10.9 Å². The van der Waals surface area contributed by atoms with Gasteiger partial charge in [-0.1, -0.05) is 37.6 Å². The lowest BCUT2D eigenvalue weighted by atomic mass is 9.83. The van der Waals surface area contributed by atoms with Crippen molar-refractivity contribution in [3.05, 3.63) is 88.5 Å². The number of ketones is 3. The number of hydrogen-bond acceptors (Lipinski definition) is 5. The average molecular weight is 497 g/mol. The Hall–Kier alpha value is -3.81. The maximum atomic E-state index is 13.3. The number of rotatable bonds is 7. The molecule has 0 aromatic heterocycles. The van der Waals surface area contributed by atoms with Gasteiger partial charge in [-0.05, 0) is 73.4 Å². The Labute approximate surface area is 207 Å². The maximum Gasteiger partial charge on any atom is 0.416 e. The van der Waals surface area contributed by atoms with Crippen molar-refractivity contribution in [2.75, 3.05) is 5.73 Å². The molecule has 5 nitrogen and oxygen atoms in total. The number of halogens is 3. The molecule has 1 unspecified atom stereocenters. The van der Waals surface area contributed by atoms with Crippen LogP contribution in [-0.4, -0.2) is 23.1 Å². The van der Waals surface area contributed by atoms with Gasteiger partial charge in [0.2, 0.25) is 0 Å². The molecule has 3 rings (SSSR count). The summed E-state index contributed by atoms with van der Waals surface area (Å²) in [5, 5.41) is 0. The predicted octanol–water partition coefficient (Wildman–Crippen LogP) is 6.07. The third-order valence-corrected chi connectivity index (χ3v) is 6.10. The number of allylic oxidation sites excluding steroid dienone is 3. The molecule has 0 aliphatic carbocycles. The Morgan fingerprint density at radius 3 is 2.39 bits per heavy atom. The summed E-state index contributed by atoms with van der Waals surface area (Å²) in [6.45, 7) is 6.85. The molecule has 2 N–H and O–H groups in total. The Balaban J connectivity index is 1.89. The molecule has 36 heavy (non-hydrogen) atoms. The van der Waals surface area contributed by atoms with Gasteiger partial charge < -0.3 is 5.73 Å². The Morgan fingerprint density at radius 2 is 1.75 bits per heavy atom. The summed E-state index contributed by atoms with van der Waals surface area (Å²) in [5.41, 5.74) is 6.77. The van der Waals surface area contributed by atoms with Gasteiger partial charge >= 0.3 is 6.18 Å². The zero-order valence-electron chi connectivity index (χ0n) is 20.4. The number of carbonyl (C=O) groups excluding carboxylic acids is 3. The number of carbonyl (C=O) groups is 3. The van der Waals surface area contributed by atoms with Crippen LogP contribution < -0.4 is 5.73 Å². The van der Waals surface area contributed by atoms with Crippen LogP contribution in [0.15, 0.2) is 71.3 Å². The second-order valence-electron chi connectivity index (χ2n) is 9.19. The van der Waals surface area contributed by atoms with Gasteiger partial charge in [0.25, 0.3) is 0 Å². The van der Waals surface area contributed by atoms with Crippen LogP contribution in [0.5, 0.6) is 0 Å². The van der Waals surface area contributed by atoms with Crippen molar-refractivity contribution in [3.8, 4) is 0 Å². The molecular formula is C28H27F3N2O3. The highest BCUT2D eigenvalue weighted by Gasteiger charge is 2.33. The van der Waals surface area contributed by atoms with E-state index in [1.54, 1.807) is 52.0 Å². The number of hydrogen-bond donors (Lipinski definition) is 1. The zero-order chi connectivity index (χ0) is 26.8. The van der Waals surface area contributed by atoms with Gasteiger partial charge in [-0.25, -0.2) is 0 Å². The van der Waals surface area contributed by atoms with Crippen molar-refractivity contribution in [1.29, 1.82) is 0 Å². The number of benzene rings is 2. The molecule has 0 spiro atoms. The Bertz CT molecular complexity index is 1300. The molecule has 0 radical (unpaired) electrons. The minimum Gasteiger partial charge on any atom is -0.399 e. The standard InChI is InChI=1S/C28H27F3N2O3/c1-15(2)10-25(35)18-6-5-7-19(11-18)26-24(34)9-8-23(33-26)27(36)17(4)16(3)20-12-21(28(29,30)31)14-22(32)13-20/h5-14,16-17,26H,32H2,1-4H3/t16-,17+,26?/m0/s1. The molecular weight excluding hydrogens is 469 g/mol. The van der Waals surface area contributed by atoms with Gasteiger partial charge in [0.15, 0.2) is 17.3 Å². The van der Waals surface area contributed by atoms with E-state index in [1.807, 2.05) is 0 Å². The molecule has 1 aliphatic rings. The van der Waals surface area contributed by atoms with Crippen LogP contribution in [-0.2, 0) is 15.8 Å². The Kier molecular flexibility index (Phi) is 7.77. The molecule has 188 valence electrons. The van der Waals surface area contributed by atoms with Crippen LogP contribution in [0.1, 0.15) is 66.7 Å². The van der Waals surface area contributed by atoms with Crippen molar-refractivity contribution in [2.45, 2.75) is 45.8 Å². The molecule has 0 fully saturated rings. The van der Waals surface area contributed by atoms with E-state index in [9.17, 15) is 27.6 Å². The monoisotopic (exact) mass is 496 g/mol. The summed E-state index contributed by atoms with van der Waals surface area (Å²) in [6, 6.07) is 8.77. The predicted molar refractivity (Wildman–Crippen MR) is 133 cm³/mol. The normalized spacial score (nSPS) is 17.2. The van der Waals surface area contributed by atoms with Crippen LogP contribution in [0, 0.1) is 5.92 Å². The quantitative estimate of drug-likeness (QED) is 0.286. The summed E-state index contributed by atoms with van der Waals surface area (Å²) >= 11 is 0. The van der Waals surface area contributed by atoms with Gasteiger partial charge in [-0.3, -0.25) is 19.4 Å². The second kappa shape index (κ2) is 10.4. The van der Waals surface area contributed by atoms with E-state index in [2.05, 4.69) is 4.99 Å². The first-order chi connectivity index (χ1) is 16.8. The molecule has 0 bridgehead atoms. The first-order valence-electron chi connectivity index (χ1n) is 11.4. The highest BCUT2D eigenvalue weighted by Crippen LogP contribution is 2.35. The molecule has 0 saturated heterocycles. The summed E-state index contributed by atoms with van der Waals surface area (Å²) in [7, 11) is 0. The van der Waals surface area contributed by atoms with Crippen LogP contribution in [0.4, 0.5) is 18.9 Å². The maximum absolute atomic E-state index is 13.3. The van der Waals surface area contributed by atoms with Crippen molar-refractivity contribution in [3.63, 3.8) is 0 Å². The Morgan fingerprint density at radius 1 is 1.06 bits per heavy atom. The van der Waals surface area contributed by atoms with E-state index in [-0.39, 0.29) is 28.5 Å². The smallest absolute Gasteiger partial charge is 0.399 e. The minimum absolute atomic E-state index is 0.0416. The van der Waals surface area contributed by atoms with Gasteiger partial charge in [-0.15, -0.1) is 0 Å². The van der Waals surface area contributed by atoms with E-state index in [0.29, 0.717) is 11.1 Å². The summed E-state index contributed by atoms with van der Waals surface area (Å²) in [5.74, 6) is -2.30. The summed E-state index contributed by atoms with van der Waals surface area (Å²) < 4.78 is 39.7. The van der Waals surface area contributed by atoms with E-state index in [1.165, 1.54) is 24.3 Å². The van der Waals surface area contributed by atoms with Gasteiger partial charge in [-0.2, -0.15) is 13.2 Å². The SMILES string of the molecule is CC(C)=CC(=O)c1cccc(C2N=C(C(=O)[C@H](C)[C@H](C)c3cc(N)cc(C(F)(F)F)c3)C=CC2=O)c1. The molecule has 2 aromatic rings. The number of nitrogens with zero attached hydrogens (tertiary/aromatic N) is 1.